The third-order valence-corrected chi connectivity index (χ3v) is 5.10. The molecule has 3 rings (SSSR count). The number of hydrogen-bond donors (Lipinski definition) is 0. The van der Waals surface area contributed by atoms with E-state index in [1.807, 2.05) is 36.4 Å². The van der Waals surface area contributed by atoms with Crippen molar-refractivity contribution >= 4 is 56.6 Å². The fraction of sp³-hybridized carbons (Fsp3) is 0.0588. The molecule has 4 heteroatoms. The van der Waals surface area contributed by atoms with Crippen molar-refractivity contribution in [3.63, 3.8) is 0 Å². The standard InChI is InChI=1S/C17H10Cl2FI/c18-10-5-8-16(21)14(9-10)17(19)13-6-7-15(20)12-4-2-1-3-11(12)13/h1-9,17H. The van der Waals surface area contributed by atoms with Gasteiger partial charge in [0.1, 0.15) is 5.82 Å². The number of alkyl halides is 1. The summed E-state index contributed by atoms with van der Waals surface area (Å²) in [6.07, 6.45) is 0. The van der Waals surface area contributed by atoms with Crippen molar-refractivity contribution in [2.75, 3.05) is 0 Å². The lowest BCUT2D eigenvalue weighted by Gasteiger charge is -2.15. The molecule has 0 aliphatic heterocycles. The van der Waals surface area contributed by atoms with E-state index < -0.39 is 0 Å². The lowest BCUT2D eigenvalue weighted by Crippen LogP contribution is -1.98. The first kappa shape index (κ1) is 15.1. The Kier molecular flexibility index (Phi) is 4.38. The smallest absolute Gasteiger partial charge is 0.131 e. The van der Waals surface area contributed by atoms with Crippen LogP contribution in [0.5, 0.6) is 0 Å². The van der Waals surface area contributed by atoms with Gasteiger partial charge in [-0.2, -0.15) is 0 Å². The number of halogens is 4. The molecule has 0 radical (unpaired) electrons. The molecule has 0 aromatic heterocycles. The SMILES string of the molecule is Fc1ccc(C(Cl)c2cc(Cl)ccc2I)c2ccccc12. The highest BCUT2D eigenvalue weighted by atomic mass is 127. The summed E-state index contributed by atoms with van der Waals surface area (Å²) < 4.78 is 14.9. The van der Waals surface area contributed by atoms with Crippen molar-refractivity contribution in [2.24, 2.45) is 0 Å². The fourth-order valence-electron chi connectivity index (χ4n) is 2.38. The highest BCUT2D eigenvalue weighted by Crippen LogP contribution is 2.37. The van der Waals surface area contributed by atoms with E-state index in [1.54, 1.807) is 12.1 Å². The molecule has 0 amide bonds. The summed E-state index contributed by atoms with van der Waals surface area (Å²) in [4.78, 5) is 0. The molecule has 0 fully saturated rings. The van der Waals surface area contributed by atoms with Crippen LogP contribution in [0, 0.1) is 9.39 Å². The molecule has 0 aliphatic rings. The van der Waals surface area contributed by atoms with Gasteiger partial charge < -0.3 is 0 Å². The van der Waals surface area contributed by atoms with Crippen LogP contribution in [0.4, 0.5) is 4.39 Å². The molecule has 0 spiro atoms. The fourth-order valence-corrected chi connectivity index (χ4v) is 3.77. The molecular formula is C17H10Cl2FI. The first-order chi connectivity index (χ1) is 10.1. The summed E-state index contributed by atoms with van der Waals surface area (Å²) in [5, 5.41) is 1.68. The van der Waals surface area contributed by atoms with Crippen LogP contribution in [0.25, 0.3) is 10.8 Å². The molecule has 0 saturated heterocycles. The van der Waals surface area contributed by atoms with E-state index in [4.69, 9.17) is 23.2 Å². The largest absolute Gasteiger partial charge is 0.206 e. The second-order valence-corrected chi connectivity index (χ2v) is 6.75. The molecule has 0 N–H and O–H groups in total. The Bertz CT molecular complexity index is 817. The first-order valence-corrected chi connectivity index (χ1v) is 8.23. The van der Waals surface area contributed by atoms with Crippen LogP contribution in [-0.4, -0.2) is 0 Å². The third-order valence-electron chi connectivity index (χ3n) is 3.41. The van der Waals surface area contributed by atoms with Crippen LogP contribution in [0.1, 0.15) is 16.5 Å². The van der Waals surface area contributed by atoms with Gasteiger partial charge in [0.25, 0.3) is 0 Å². The number of fused-ring (bicyclic) bond motifs is 1. The van der Waals surface area contributed by atoms with Crippen molar-refractivity contribution in [2.45, 2.75) is 5.38 Å². The molecule has 1 unspecified atom stereocenters. The van der Waals surface area contributed by atoms with E-state index in [2.05, 4.69) is 22.6 Å². The zero-order chi connectivity index (χ0) is 15.0. The van der Waals surface area contributed by atoms with E-state index in [-0.39, 0.29) is 11.2 Å². The van der Waals surface area contributed by atoms with Crippen molar-refractivity contribution < 1.29 is 4.39 Å². The lowest BCUT2D eigenvalue weighted by atomic mass is 9.97. The van der Waals surface area contributed by atoms with Crippen LogP contribution in [0.3, 0.4) is 0 Å². The molecule has 3 aromatic rings. The quantitative estimate of drug-likeness (QED) is 0.318. The summed E-state index contributed by atoms with van der Waals surface area (Å²) in [6.45, 7) is 0. The van der Waals surface area contributed by atoms with Crippen molar-refractivity contribution in [1.82, 2.24) is 0 Å². The average Bonchev–Trinajstić information content (AvgIpc) is 2.50. The minimum absolute atomic E-state index is 0.237. The monoisotopic (exact) mass is 430 g/mol. The summed E-state index contributed by atoms with van der Waals surface area (Å²) in [5.74, 6) is -0.237. The van der Waals surface area contributed by atoms with Gasteiger partial charge in [0.05, 0.1) is 5.38 Å². The van der Waals surface area contributed by atoms with Crippen molar-refractivity contribution in [3.8, 4) is 0 Å². The molecule has 0 saturated carbocycles. The van der Waals surface area contributed by atoms with Gasteiger partial charge >= 0.3 is 0 Å². The Morgan fingerprint density at radius 1 is 0.905 bits per heavy atom. The van der Waals surface area contributed by atoms with Crippen LogP contribution in [-0.2, 0) is 0 Å². The molecule has 0 bridgehead atoms. The lowest BCUT2D eigenvalue weighted by molar-refractivity contribution is 0.639. The van der Waals surface area contributed by atoms with E-state index in [0.717, 1.165) is 20.1 Å². The maximum Gasteiger partial charge on any atom is 0.131 e. The Morgan fingerprint density at radius 2 is 1.62 bits per heavy atom. The maximum atomic E-state index is 13.9. The van der Waals surface area contributed by atoms with E-state index in [9.17, 15) is 4.39 Å². The van der Waals surface area contributed by atoms with Crippen LogP contribution in [0.15, 0.2) is 54.6 Å². The third kappa shape index (κ3) is 2.89. The second kappa shape index (κ2) is 6.11. The predicted molar refractivity (Wildman–Crippen MR) is 95.8 cm³/mol. The number of hydrogen-bond acceptors (Lipinski definition) is 0. The average molecular weight is 431 g/mol. The van der Waals surface area contributed by atoms with Gasteiger partial charge in [-0.15, -0.1) is 11.6 Å². The summed E-state index contributed by atoms with van der Waals surface area (Å²) in [5.41, 5.74) is 1.82. The highest BCUT2D eigenvalue weighted by molar-refractivity contribution is 14.1. The van der Waals surface area contributed by atoms with Crippen molar-refractivity contribution in [1.29, 1.82) is 0 Å². The van der Waals surface area contributed by atoms with Gasteiger partial charge in [0.15, 0.2) is 0 Å². The Hall–Kier alpha value is -0.840. The second-order valence-electron chi connectivity index (χ2n) is 4.71. The molecule has 21 heavy (non-hydrogen) atoms. The van der Waals surface area contributed by atoms with Crippen LogP contribution < -0.4 is 0 Å². The Labute approximate surface area is 146 Å². The summed E-state index contributed by atoms with van der Waals surface area (Å²) in [7, 11) is 0. The molecular weight excluding hydrogens is 421 g/mol. The van der Waals surface area contributed by atoms with Crippen LogP contribution in [0.2, 0.25) is 5.02 Å². The van der Waals surface area contributed by atoms with Gasteiger partial charge in [-0.05, 0) is 63.4 Å². The highest BCUT2D eigenvalue weighted by Gasteiger charge is 2.18. The van der Waals surface area contributed by atoms with E-state index in [0.29, 0.717) is 10.4 Å². The minimum Gasteiger partial charge on any atom is -0.206 e. The minimum atomic E-state index is -0.374. The number of benzene rings is 3. The van der Waals surface area contributed by atoms with E-state index >= 15 is 0 Å². The zero-order valence-corrected chi connectivity index (χ0v) is 14.5. The molecule has 106 valence electrons. The van der Waals surface area contributed by atoms with Crippen LogP contribution >= 0.6 is 45.8 Å². The zero-order valence-electron chi connectivity index (χ0n) is 10.8. The topological polar surface area (TPSA) is 0 Å². The van der Waals surface area contributed by atoms with Gasteiger partial charge in [-0.1, -0.05) is 41.9 Å². The van der Waals surface area contributed by atoms with Gasteiger partial charge in [0, 0.05) is 14.0 Å². The molecule has 0 nitrogen and oxygen atoms in total. The van der Waals surface area contributed by atoms with Gasteiger partial charge in [-0.25, -0.2) is 4.39 Å². The predicted octanol–water partition coefficient (Wildman–Crippen LogP) is 6.57. The van der Waals surface area contributed by atoms with Gasteiger partial charge in [0.2, 0.25) is 0 Å². The maximum absolute atomic E-state index is 13.9. The molecule has 3 aromatic carbocycles. The first-order valence-electron chi connectivity index (χ1n) is 6.34. The molecule has 0 aliphatic carbocycles. The summed E-state index contributed by atoms with van der Waals surface area (Å²) in [6, 6.07) is 16.2. The number of rotatable bonds is 2. The Morgan fingerprint density at radius 3 is 2.38 bits per heavy atom. The Balaban J connectivity index is 2.20. The normalized spacial score (nSPS) is 12.6. The molecule has 1 atom stereocenters. The van der Waals surface area contributed by atoms with Gasteiger partial charge in [-0.3, -0.25) is 0 Å². The van der Waals surface area contributed by atoms with Crippen molar-refractivity contribution in [3.05, 3.63) is 80.1 Å². The van der Waals surface area contributed by atoms with E-state index in [1.165, 1.54) is 6.07 Å². The molecule has 0 heterocycles. The summed E-state index contributed by atoms with van der Waals surface area (Å²) >= 11 is 15.0.